The van der Waals surface area contributed by atoms with Gasteiger partial charge in [0.25, 0.3) is 40.5 Å². The predicted octanol–water partition coefficient (Wildman–Crippen LogP) is 0.169. The van der Waals surface area contributed by atoms with E-state index in [0.29, 0.717) is 53.7 Å². The number of benzene rings is 8. The van der Waals surface area contributed by atoms with Gasteiger partial charge in [0.1, 0.15) is 0 Å². The first-order chi connectivity index (χ1) is 29.3. The van der Waals surface area contributed by atoms with E-state index in [9.17, 15) is 51.9 Å². The van der Waals surface area contributed by atoms with Crippen molar-refractivity contribution in [3.8, 4) is 11.1 Å². The molecule has 65 heavy (non-hydrogen) atoms. The van der Waals surface area contributed by atoms with Gasteiger partial charge in [0.2, 0.25) is 0 Å². The van der Waals surface area contributed by atoms with Crippen LogP contribution in [0.15, 0.2) is 189 Å². The Bertz CT molecular complexity index is 3200. The van der Waals surface area contributed by atoms with Crippen LogP contribution in [0.1, 0.15) is 0 Å². The standard InChI is InChI=1S/C44H32O12P2S4.2ClH.Ru/c45-59(46,47)35-15-5-11-31(25-35)57(32-12-6-16-36(26-32)60(48,49)50)41-23-21-29-9-1-3-19-39(29)43(41)44-40-20-4-2-10-30(40)22-24-42(44)58(33-13-7-17-37(27-33)61(51,52)53)34-14-8-18-38(28-34)62(54,55)56;;;/h1-28H,(H,45,46,47)(H,48,49,50)(H,51,52,53)(H,54,55,56);2*1H;/q;;;+2/p-2. The van der Waals surface area contributed by atoms with Crippen LogP contribution in [0, 0.1) is 0 Å². The topological polar surface area (TPSA) is 217 Å². The smallest absolute Gasteiger partial charge is 1.00 e. The maximum absolute atomic E-state index is 12.6. The van der Waals surface area contributed by atoms with Gasteiger partial charge in [-0.2, -0.15) is 33.7 Å². The van der Waals surface area contributed by atoms with Crippen molar-refractivity contribution in [2.75, 3.05) is 0 Å². The summed E-state index contributed by atoms with van der Waals surface area (Å²) in [6.45, 7) is 0. The van der Waals surface area contributed by atoms with Crippen molar-refractivity contribution in [3.05, 3.63) is 170 Å². The van der Waals surface area contributed by atoms with E-state index in [0.717, 1.165) is 10.8 Å². The quantitative estimate of drug-likeness (QED) is 0.0775. The molecule has 8 aromatic rings. The maximum Gasteiger partial charge on any atom is 2.00 e. The van der Waals surface area contributed by atoms with Crippen molar-refractivity contribution < 1.29 is 96.2 Å². The molecule has 0 saturated carbocycles. The molecule has 0 atom stereocenters. The van der Waals surface area contributed by atoms with E-state index in [1.807, 2.05) is 72.8 Å². The second kappa shape index (κ2) is 20.1. The van der Waals surface area contributed by atoms with Crippen LogP contribution >= 0.6 is 15.8 Å². The Morgan fingerprint density at radius 2 is 0.585 bits per heavy atom. The molecule has 8 aromatic carbocycles. The maximum atomic E-state index is 12.6. The molecule has 8 rings (SSSR count). The van der Waals surface area contributed by atoms with Crippen molar-refractivity contribution in [3.63, 3.8) is 0 Å². The van der Waals surface area contributed by atoms with E-state index < -0.39 is 75.9 Å². The summed E-state index contributed by atoms with van der Waals surface area (Å²) >= 11 is 0. The van der Waals surface area contributed by atoms with Crippen LogP contribution in [0.2, 0.25) is 0 Å². The SMILES string of the molecule is O=S(=O)(O)c1cccc(P(c2cccc(S(=O)(=O)O)c2)c2ccc3ccccc3c2-c2c(P(c3cccc(S(=O)(=O)O)c3)c3cccc(S(=O)(=O)O)c3)ccc3ccccc23)c1.[Cl-].[Cl-].[Ru+2]. The first kappa shape index (κ1) is 52.0. The fourth-order valence-electron chi connectivity index (χ4n) is 7.40. The van der Waals surface area contributed by atoms with Crippen LogP contribution in [-0.4, -0.2) is 51.9 Å². The molecule has 0 aliphatic heterocycles. The average Bonchev–Trinajstić information content (AvgIpc) is 3.23. The van der Waals surface area contributed by atoms with Gasteiger partial charge in [-0.3, -0.25) is 18.2 Å². The average molecular weight is 1110 g/mol. The molecule has 0 spiro atoms. The Labute approximate surface area is 403 Å². The monoisotopic (exact) mass is 1110 g/mol. The minimum atomic E-state index is -4.73. The van der Waals surface area contributed by atoms with Crippen molar-refractivity contribution >= 4 is 110 Å². The molecule has 21 heteroatoms. The first-order valence-electron chi connectivity index (χ1n) is 18.2. The third-order valence-corrected chi connectivity index (χ3v) is 18.3. The van der Waals surface area contributed by atoms with Crippen molar-refractivity contribution in [2.45, 2.75) is 19.6 Å². The number of hydrogen-bond donors (Lipinski definition) is 4. The fourth-order valence-corrected chi connectivity index (χ4v) is 14.9. The molecule has 0 heterocycles. The molecule has 336 valence electrons. The first-order valence-corrected chi connectivity index (χ1v) is 26.7. The second-order valence-corrected chi connectivity index (χ2v) is 24.0. The summed E-state index contributed by atoms with van der Waals surface area (Å²) in [6.07, 6.45) is 0. The van der Waals surface area contributed by atoms with Crippen LogP contribution < -0.4 is 56.6 Å². The molecule has 0 bridgehead atoms. The van der Waals surface area contributed by atoms with Gasteiger partial charge in [-0.1, -0.05) is 121 Å². The molecule has 0 radical (unpaired) electrons. The summed E-state index contributed by atoms with van der Waals surface area (Å²) in [5.74, 6) is 0. The van der Waals surface area contributed by atoms with Crippen LogP contribution in [-0.2, 0) is 60.0 Å². The van der Waals surface area contributed by atoms with Crippen LogP contribution in [0.5, 0.6) is 0 Å². The third-order valence-electron chi connectivity index (χ3n) is 10.0. The van der Waals surface area contributed by atoms with Gasteiger partial charge in [0, 0.05) is 0 Å². The van der Waals surface area contributed by atoms with Crippen molar-refractivity contribution in [1.29, 1.82) is 0 Å². The zero-order valence-corrected chi connectivity index (χ0v) is 41.2. The van der Waals surface area contributed by atoms with Gasteiger partial charge in [-0.15, -0.1) is 0 Å². The summed E-state index contributed by atoms with van der Waals surface area (Å²) in [6, 6.07) is 44.8. The van der Waals surface area contributed by atoms with E-state index in [-0.39, 0.29) is 44.3 Å². The molecule has 4 N–H and O–H groups in total. The normalized spacial score (nSPS) is 12.1. The predicted molar refractivity (Wildman–Crippen MR) is 244 cm³/mol. The van der Waals surface area contributed by atoms with Crippen molar-refractivity contribution in [2.24, 2.45) is 0 Å². The summed E-state index contributed by atoms with van der Waals surface area (Å²) < 4.78 is 141. The number of hydrogen-bond acceptors (Lipinski definition) is 8. The van der Waals surface area contributed by atoms with Gasteiger partial charge in [0.05, 0.1) is 19.6 Å². The molecule has 0 saturated heterocycles. The summed E-state index contributed by atoms with van der Waals surface area (Å²) in [5, 5.41) is 5.59. The Hall–Kier alpha value is -4.02. The Kier molecular flexibility index (Phi) is 16.0. The molecule has 0 unspecified atom stereocenters. The Morgan fingerprint density at radius 1 is 0.323 bits per heavy atom. The van der Waals surface area contributed by atoms with Gasteiger partial charge < -0.3 is 24.8 Å². The molecule has 0 aliphatic rings. The van der Waals surface area contributed by atoms with Gasteiger partial charge in [0.15, 0.2) is 0 Å². The number of rotatable bonds is 11. The molecule has 0 amide bonds. The minimum absolute atomic E-state index is 0. The molecule has 0 fully saturated rings. The van der Waals surface area contributed by atoms with E-state index in [1.165, 1.54) is 72.8 Å². The van der Waals surface area contributed by atoms with Crippen LogP contribution in [0.3, 0.4) is 0 Å². The molecule has 0 aliphatic carbocycles. The molecular formula is C44H32Cl2O12P2RuS4. The number of fused-ring (bicyclic) bond motifs is 2. The van der Waals surface area contributed by atoms with E-state index in [4.69, 9.17) is 0 Å². The summed E-state index contributed by atoms with van der Waals surface area (Å²) in [5.41, 5.74) is 1.19. The molecule has 12 nitrogen and oxygen atoms in total. The van der Waals surface area contributed by atoms with Gasteiger partial charge >= 0.3 is 19.5 Å². The molecule has 0 aromatic heterocycles. The largest absolute Gasteiger partial charge is 2.00 e. The van der Waals surface area contributed by atoms with Crippen molar-refractivity contribution in [1.82, 2.24) is 0 Å². The van der Waals surface area contributed by atoms with E-state index >= 15 is 0 Å². The Balaban J connectivity index is 0.00000264. The zero-order valence-electron chi connectivity index (χ0n) is 32.9. The van der Waals surface area contributed by atoms with E-state index in [2.05, 4.69) is 0 Å². The summed E-state index contributed by atoms with van der Waals surface area (Å²) in [4.78, 5) is -1.66. The molecular weight excluding hydrogens is 1080 g/mol. The van der Waals surface area contributed by atoms with Crippen LogP contribution in [0.25, 0.3) is 32.7 Å². The van der Waals surface area contributed by atoms with Crippen LogP contribution in [0.4, 0.5) is 0 Å². The zero-order chi connectivity index (χ0) is 44.2. The van der Waals surface area contributed by atoms with E-state index in [1.54, 1.807) is 24.3 Å². The summed E-state index contributed by atoms with van der Waals surface area (Å²) in [7, 11) is -22.9. The number of halogens is 2. The van der Waals surface area contributed by atoms with Gasteiger partial charge in [-0.25, -0.2) is 0 Å². The van der Waals surface area contributed by atoms with Gasteiger partial charge in [-0.05, 0) is 129 Å². The fraction of sp³-hybridized carbons (Fsp3) is 0. The Morgan fingerprint density at radius 3 is 0.846 bits per heavy atom. The minimum Gasteiger partial charge on any atom is -1.00 e. The third kappa shape index (κ3) is 10.9. The second-order valence-electron chi connectivity index (χ2n) is 13.9.